The molecule has 1 saturated carbocycles. The summed E-state index contributed by atoms with van der Waals surface area (Å²) >= 11 is 5.20. The van der Waals surface area contributed by atoms with Gasteiger partial charge >= 0.3 is 0 Å². The van der Waals surface area contributed by atoms with E-state index in [0.29, 0.717) is 0 Å². The maximum absolute atomic E-state index is 6.04. The van der Waals surface area contributed by atoms with Crippen LogP contribution in [-0.4, -0.2) is 0 Å². The second-order valence-electron chi connectivity index (χ2n) is 3.43. The summed E-state index contributed by atoms with van der Waals surface area (Å²) in [5.74, 6) is 0.917. The zero-order valence-corrected chi connectivity index (χ0v) is 9.20. The number of halogens is 1. The summed E-state index contributed by atoms with van der Waals surface area (Å²) in [6.07, 6.45) is 3.95. The number of hydrogen-bond donors (Lipinski definition) is 1. The first-order valence-electron chi connectivity index (χ1n) is 4.26. The molecule has 0 bridgehead atoms. The molecular weight excluding hydrogens is 234 g/mol. The molecule has 0 saturated heterocycles. The number of rotatable bonds is 3. The Labute approximate surface area is 85.1 Å². The van der Waals surface area contributed by atoms with Gasteiger partial charge in [0.15, 0.2) is 0 Å². The van der Waals surface area contributed by atoms with Crippen LogP contribution in [0.5, 0.6) is 0 Å². The molecule has 2 rings (SSSR count). The molecule has 0 aliphatic heterocycles. The first-order chi connectivity index (χ1) is 5.75. The maximum Gasteiger partial charge on any atom is 0.0701 e. The third kappa shape index (κ3) is 2.09. The van der Waals surface area contributed by atoms with Crippen molar-refractivity contribution in [3.05, 3.63) is 20.8 Å². The summed E-state index contributed by atoms with van der Waals surface area (Å²) in [5, 5.41) is 0. The van der Waals surface area contributed by atoms with E-state index in [1.54, 1.807) is 11.3 Å². The van der Waals surface area contributed by atoms with Crippen molar-refractivity contribution < 1.29 is 0 Å². The molecular formula is C9H12BrNS. The van der Waals surface area contributed by atoms with E-state index in [9.17, 15) is 0 Å². The van der Waals surface area contributed by atoms with Gasteiger partial charge in [-0.15, -0.1) is 11.3 Å². The van der Waals surface area contributed by atoms with Gasteiger partial charge in [-0.2, -0.15) is 0 Å². The summed E-state index contributed by atoms with van der Waals surface area (Å²) in [5.41, 5.74) is 6.04. The predicted octanol–water partition coefficient (Wildman–Crippen LogP) is 3.31. The minimum absolute atomic E-state index is 0.272. The van der Waals surface area contributed by atoms with E-state index < -0.39 is 0 Å². The van der Waals surface area contributed by atoms with Gasteiger partial charge in [0.1, 0.15) is 0 Å². The fourth-order valence-electron chi connectivity index (χ4n) is 1.36. The highest BCUT2D eigenvalue weighted by Crippen LogP contribution is 2.38. The summed E-state index contributed by atoms with van der Waals surface area (Å²) in [6, 6.07) is 4.47. The lowest BCUT2D eigenvalue weighted by molar-refractivity contribution is 0.605. The van der Waals surface area contributed by atoms with E-state index in [2.05, 4.69) is 28.1 Å². The van der Waals surface area contributed by atoms with Crippen LogP contribution in [0.2, 0.25) is 0 Å². The Morgan fingerprint density at radius 3 is 2.83 bits per heavy atom. The molecule has 1 aromatic heterocycles. The minimum Gasteiger partial charge on any atom is -0.323 e. The quantitative estimate of drug-likeness (QED) is 0.869. The zero-order chi connectivity index (χ0) is 8.55. The molecule has 0 aromatic carbocycles. The van der Waals surface area contributed by atoms with E-state index in [-0.39, 0.29) is 6.04 Å². The Morgan fingerprint density at radius 2 is 2.33 bits per heavy atom. The van der Waals surface area contributed by atoms with Crippen LogP contribution in [0.1, 0.15) is 30.2 Å². The molecule has 1 unspecified atom stereocenters. The standard InChI is InChI=1S/C9H12BrNS/c10-9-4-3-8(12-9)7(11)5-6-1-2-6/h3-4,6-7H,1-2,5,11H2. The molecule has 1 nitrogen and oxygen atoms in total. The Kier molecular flexibility index (Phi) is 2.53. The van der Waals surface area contributed by atoms with Crippen LogP contribution < -0.4 is 5.73 Å². The zero-order valence-electron chi connectivity index (χ0n) is 6.79. The molecule has 12 heavy (non-hydrogen) atoms. The van der Waals surface area contributed by atoms with Crippen LogP contribution in [0, 0.1) is 5.92 Å². The predicted molar refractivity (Wildman–Crippen MR) is 56.3 cm³/mol. The number of thiophene rings is 1. The second kappa shape index (κ2) is 3.48. The van der Waals surface area contributed by atoms with Gasteiger partial charge in [-0.05, 0) is 40.4 Å². The average molecular weight is 246 g/mol. The van der Waals surface area contributed by atoms with Gasteiger partial charge in [0.2, 0.25) is 0 Å². The Bertz CT molecular complexity index is 267. The summed E-state index contributed by atoms with van der Waals surface area (Å²) < 4.78 is 1.18. The van der Waals surface area contributed by atoms with Crippen LogP contribution in [0.15, 0.2) is 15.9 Å². The monoisotopic (exact) mass is 245 g/mol. The van der Waals surface area contributed by atoms with Crippen LogP contribution in [0.25, 0.3) is 0 Å². The lowest BCUT2D eigenvalue weighted by Crippen LogP contribution is -2.08. The molecule has 3 heteroatoms. The third-order valence-corrected chi connectivity index (χ3v) is 4.00. The highest BCUT2D eigenvalue weighted by atomic mass is 79.9. The highest BCUT2D eigenvalue weighted by molar-refractivity contribution is 9.11. The van der Waals surface area contributed by atoms with Crippen LogP contribution in [-0.2, 0) is 0 Å². The third-order valence-electron chi connectivity index (χ3n) is 2.24. The van der Waals surface area contributed by atoms with E-state index >= 15 is 0 Å². The van der Waals surface area contributed by atoms with Crippen LogP contribution in [0.4, 0.5) is 0 Å². The van der Waals surface area contributed by atoms with Gasteiger partial charge < -0.3 is 5.73 Å². The second-order valence-corrected chi connectivity index (χ2v) is 5.92. The highest BCUT2D eigenvalue weighted by Gasteiger charge is 2.24. The van der Waals surface area contributed by atoms with Crippen molar-refractivity contribution in [2.45, 2.75) is 25.3 Å². The van der Waals surface area contributed by atoms with Gasteiger partial charge in [0.05, 0.1) is 3.79 Å². The Morgan fingerprint density at radius 1 is 1.58 bits per heavy atom. The first kappa shape index (κ1) is 8.73. The van der Waals surface area contributed by atoms with E-state index in [0.717, 1.165) is 5.92 Å². The Hall–Kier alpha value is 0.140. The largest absolute Gasteiger partial charge is 0.323 e. The molecule has 0 amide bonds. The van der Waals surface area contributed by atoms with E-state index in [1.807, 2.05) is 0 Å². The molecule has 1 heterocycles. The maximum atomic E-state index is 6.04. The average Bonchev–Trinajstić information content (AvgIpc) is 2.72. The van der Waals surface area contributed by atoms with E-state index in [4.69, 9.17) is 5.73 Å². The van der Waals surface area contributed by atoms with Gasteiger partial charge in [-0.3, -0.25) is 0 Å². The fourth-order valence-corrected chi connectivity index (χ4v) is 2.79. The molecule has 2 N–H and O–H groups in total. The molecule has 0 spiro atoms. The molecule has 1 fully saturated rings. The normalized spacial score (nSPS) is 19.5. The lowest BCUT2D eigenvalue weighted by Gasteiger charge is -2.06. The van der Waals surface area contributed by atoms with E-state index in [1.165, 1.54) is 27.9 Å². The first-order valence-corrected chi connectivity index (χ1v) is 5.87. The summed E-state index contributed by atoms with van der Waals surface area (Å²) in [6.45, 7) is 0. The molecule has 1 aromatic rings. The summed E-state index contributed by atoms with van der Waals surface area (Å²) in [4.78, 5) is 1.31. The van der Waals surface area contributed by atoms with Crippen molar-refractivity contribution in [2.24, 2.45) is 11.7 Å². The minimum atomic E-state index is 0.272. The molecule has 0 radical (unpaired) electrons. The van der Waals surface area contributed by atoms with Gasteiger partial charge in [0.25, 0.3) is 0 Å². The van der Waals surface area contributed by atoms with Crippen LogP contribution in [0.3, 0.4) is 0 Å². The van der Waals surface area contributed by atoms with Crippen molar-refractivity contribution in [2.75, 3.05) is 0 Å². The topological polar surface area (TPSA) is 26.0 Å². The summed E-state index contributed by atoms with van der Waals surface area (Å²) in [7, 11) is 0. The van der Waals surface area contributed by atoms with Crippen molar-refractivity contribution in [3.63, 3.8) is 0 Å². The number of hydrogen-bond acceptors (Lipinski definition) is 2. The van der Waals surface area contributed by atoms with Gasteiger partial charge in [-0.1, -0.05) is 12.8 Å². The molecule has 1 aliphatic carbocycles. The van der Waals surface area contributed by atoms with Crippen molar-refractivity contribution in [1.82, 2.24) is 0 Å². The van der Waals surface area contributed by atoms with Crippen LogP contribution >= 0.6 is 27.3 Å². The lowest BCUT2D eigenvalue weighted by atomic mass is 10.1. The van der Waals surface area contributed by atoms with Gasteiger partial charge in [0, 0.05) is 10.9 Å². The van der Waals surface area contributed by atoms with Crippen molar-refractivity contribution >= 4 is 27.3 Å². The number of nitrogens with two attached hydrogens (primary N) is 1. The van der Waals surface area contributed by atoms with Gasteiger partial charge in [-0.25, -0.2) is 0 Å². The Balaban J connectivity index is 1.97. The molecule has 66 valence electrons. The molecule has 1 atom stereocenters. The SMILES string of the molecule is NC(CC1CC1)c1ccc(Br)s1. The fraction of sp³-hybridized carbons (Fsp3) is 0.556. The molecule has 1 aliphatic rings. The van der Waals surface area contributed by atoms with Crippen molar-refractivity contribution in [1.29, 1.82) is 0 Å². The van der Waals surface area contributed by atoms with Crippen molar-refractivity contribution in [3.8, 4) is 0 Å². The smallest absolute Gasteiger partial charge is 0.0701 e.